The van der Waals surface area contributed by atoms with Crippen molar-refractivity contribution in [2.45, 2.75) is 30.0 Å². The van der Waals surface area contributed by atoms with Crippen molar-refractivity contribution in [1.82, 2.24) is 0 Å². The monoisotopic (exact) mass is 424 g/mol. The molecule has 0 aliphatic heterocycles. The van der Waals surface area contributed by atoms with Crippen molar-refractivity contribution in [3.63, 3.8) is 0 Å². The number of benzene rings is 3. The minimum absolute atomic E-state index is 0.338. The molecule has 0 saturated carbocycles. The first kappa shape index (κ1) is 23.1. The molecular formula is C25H28O6. The summed E-state index contributed by atoms with van der Waals surface area (Å²) in [7, 11) is 0. The van der Waals surface area contributed by atoms with Gasteiger partial charge in [0.25, 0.3) is 0 Å². The molecule has 0 aliphatic rings. The highest BCUT2D eigenvalue weighted by molar-refractivity contribution is 5.47. The summed E-state index contributed by atoms with van der Waals surface area (Å²) in [5.41, 5.74) is 1.38. The van der Waals surface area contributed by atoms with Gasteiger partial charge in [0.1, 0.15) is 30.0 Å². The third-order valence-corrected chi connectivity index (χ3v) is 5.34. The maximum Gasteiger partial charge on any atom is 0.143 e. The van der Waals surface area contributed by atoms with E-state index in [0.717, 1.165) is 16.7 Å². The Morgan fingerprint density at radius 2 is 0.935 bits per heavy atom. The molecule has 0 spiro atoms. The first-order valence-corrected chi connectivity index (χ1v) is 10.1. The predicted octanol–water partition coefficient (Wildman–Crippen LogP) is 1.43. The topological polar surface area (TPSA) is 110 Å². The standard InChI is InChI=1S/C25H28O6/c26-16-21(27)23(29)24(30)22(28)17-31-25(18-10-4-1-5-11-18,19-12-6-2-7-13-19)20-14-8-3-9-15-20/h1-15,21-24,26-30H,16-17H2. The quantitative estimate of drug-likeness (QED) is 0.315. The van der Waals surface area contributed by atoms with E-state index in [1.165, 1.54) is 0 Å². The van der Waals surface area contributed by atoms with E-state index in [0.29, 0.717) is 0 Å². The van der Waals surface area contributed by atoms with Crippen LogP contribution < -0.4 is 0 Å². The number of aliphatic hydroxyl groups excluding tert-OH is 5. The first-order chi connectivity index (χ1) is 15.0. The molecule has 3 aromatic carbocycles. The molecule has 4 atom stereocenters. The molecule has 31 heavy (non-hydrogen) atoms. The second-order valence-corrected chi connectivity index (χ2v) is 7.39. The van der Waals surface area contributed by atoms with Crippen molar-refractivity contribution in [3.05, 3.63) is 108 Å². The lowest BCUT2D eigenvalue weighted by molar-refractivity contribution is -0.140. The van der Waals surface area contributed by atoms with E-state index in [2.05, 4.69) is 0 Å². The van der Waals surface area contributed by atoms with Crippen LogP contribution >= 0.6 is 0 Å². The summed E-state index contributed by atoms with van der Waals surface area (Å²) in [5, 5.41) is 49.3. The molecule has 3 aromatic rings. The van der Waals surface area contributed by atoms with Gasteiger partial charge < -0.3 is 30.3 Å². The summed E-state index contributed by atoms with van der Waals surface area (Å²) in [6, 6.07) is 28.6. The fraction of sp³-hybridized carbons (Fsp3) is 0.280. The van der Waals surface area contributed by atoms with E-state index >= 15 is 0 Å². The molecule has 0 aliphatic carbocycles. The van der Waals surface area contributed by atoms with Crippen molar-refractivity contribution in [2.24, 2.45) is 0 Å². The smallest absolute Gasteiger partial charge is 0.143 e. The molecule has 6 heteroatoms. The predicted molar refractivity (Wildman–Crippen MR) is 116 cm³/mol. The fourth-order valence-corrected chi connectivity index (χ4v) is 3.64. The van der Waals surface area contributed by atoms with E-state index in [4.69, 9.17) is 9.84 Å². The van der Waals surface area contributed by atoms with Gasteiger partial charge in [0.05, 0.1) is 13.2 Å². The molecule has 164 valence electrons. The summed E-state index contributed by atoms with van der Waals surface area (Å²) >= 11 is 0. The van der Waals surface area contributed by atoms with Crippen LogP contribution in [0.4, 0.5) is 0 Å². The fourth-order valence-electron chi connectivity index (χ4n) is 3.64. The highest BCUT2D eigenvalue weighted by Gasteiger charge is 2.39. The molecule has 0 fully saturated rings. The van der Waals surface area contributed by atoms with Gasteiger partial charge in [-0.25, -0.2) is 0 Å². The van der Waals surface area contributed by atoms with Crippen molar-refractivity contribution in [1.29, 1.82) is 0 Å². The average Bonchev–Trinajstić information content (AvgIpc) is 2.84. The Balaban J connectivity index is 2.02. The molecule has 0 saturated heterocycles. The maximum absolute atomic E-state index is 10.5. The van der Waals surface area contributed by atoms with E-state index < -0.39 is 36.6 Å². The van der Waals surface area contributed by atoms with E-state index in [-0.39, 0.29) is 6.61 Å². The molecule has 3 rings (SSSR count). The van der Waals surface area contributed by atoms with Crippen LogP contribution in [0.3, 0.4) is 0 Å². The average molecular weight is 424 g/mol. The van der Waals surface area contributed by atoms with Crippen LogP contribution in [0.5, 0.6) is 0 Å². The van der Waals surface area contributed by atoms with Gasteiger partial charge in [-0.15, -0.1) is 0 Å². The molecule has 0 radical (unpaired) electrons. The molecule has 0 amide bonds. The summed E-state index contributed by atoms with van der Waals surface area (Å²) in [5.74, 6) is 0. The lowest BCUT2D eigenvalue weighted by atomic mass is 9.80. The third-order valence-electron chi connectivity index (χ3n) is 5.34. The molecule has 5 N–H and O–H groups in total. The lowest BCUT2D eigenvalue weighted by Gasteiger charge is -2.37. The number of hydrogen-bond donors (Lipinski definition) is 5. The van der Waals surface area contributed by atoms with Gasteiger partial charge >= 0.3 is 0 Å². The van der Waals surface area contributed by atoms with Gasteiger partial charge in [-0.05, 0) is 16.7 Å². The van der Waals surface area contributed by atoms with Crippen LogP contribution in [0.1, 0.15) is 16.7 Å². The largest absolute Gasteiger partial charge is 0.394 e. The van der Waals surface area contributed by atoms with Gasteiger partial charge in [-0.3, -0.25) is 0 Å². The van der Waals surface area contributed by atoms with Crippen molar-refractivity contribution in [2.75, 3.05) is 13.2 Å². The zero-order valence-electron chi connectivity index (χ0n) is 17.0. The molecular weight excluding hydrogens is 396 g/mol. The molecule has 4 unspecified atom stereocenters. The van der Waals surface area contributed by atoms with E-state index in [1.807, 2.05) is 91.0 Å². The second kappa shape index (κ2) is 10.6. The Labute approximate surface area is 181 Å². The summed E-state index contributed by atoms with van der Waals surface area (Å²) in [6.07, 6.45) is -6.51. The van der Waals surface area contributed by atoms with Gasteiger partial charge in [-0.1, -0.05) is 91.0 Å². The minimum atomic E-state index is -1.72. The van der Waals surface area contributed by atoms with Gasteiger partial charge in [-0.2, -0.15) is 0 Å². The van der Waals surface area contributed by atoms with Crippen molar-refractivity contribution < 1.29 is 30.3 Å². The van der Waals surface area contributed by atoms with Gasteiger partial charge in [0.2, 0.25) is 0 Å². The Hall–Kier alpha value is -2.58. The van der Waals surface area contributed by atoms with Crippen LogP contribution in [0.2, 0.25) is 0 Å². The van der Waals surface area contributed by atoms with Crippen LogP contribution in [0, 0.1) is 0 Å². The third kappa shape index (κ3) is 5.02. The molecule has 6 nitrogen and oxygen atoms in total. The first-order valence-electron chi connectivity index (χ1n) is 10.1. The van der Waals surface area contributed by atoms with Gasteiger partial charge in [0, 0.05) is 0 Å². The molecule has 0 heterocycles. The Morgan fingerprint density at radius 3 is 1.29 bits per heavy atom. The minimum Gasteiger partial charge on any atom is -0.394 e. The lowest BCUT2D eigenvalue weighted by Crippen LogP contribution is -2.48. The zero-order chi connectivity index (χ0) is 22.3. The molecule has 0 bridgehead atoms. The van der Waals surface area contributed by atoms with E-state index in [1.54, 1.807) is 0 Å². The normalized spacial score (nSPS) is 15.8. The Kier molecular flexibility index (Phi) is 7.92. The summed E-state index contributed by atoms with van der Waals surface area (Å²) in [6.45, 7) is -1.08. The summed E-state index contributed by atoms with van der Waals surface area (Å²) in [4.78, 5) is 0. The van der Waals surface area contributed by atoms with Crippen molar-refractivity contribution in [3.8, 4) is 0 Å². The van der Waals surface area contributed by atoms with Crippen LogP contribution in [-0.4, -0.2) is 63.2 Å². The number of aliphatic hydroxyl groups is 5. The number of ether oxygens (including phenoxy) is 1. The zero-order valence-corrected chi connectivity index (χ0v) is 17.0. The SMILES string of the molecule is OCC(O)C(O)C(O)C(O)COC(c1ccccc1)(c1ccccc1)c1ccccc1. The van der Waals surface area contributed by atoms with Crippen LogP contribution in [0.15, 0.2) is 91.0 Å². The Morgan fingerprint density at radius 1 is 0.581 bits per heavy atom. The second-order valence-electron chi connectivity index (χ2n) is 7.39. The highest BCUT2D eigenvalue weighted by atomic mass is 16.5. The van der Waals surface area contributed by atoms with Crippen LogP contribution in [-0.2, 0) is 10.3 Å². The maximum atomic E-state index is 10.5. The van der Waals surface area contributed by atoms with Crippen LogP contribution in [0.25, 0.3) is 0 Å². The van der Waals surface area contributed by atoms with E-state index in [9.17, 15) is 20.4 Å². The highest BCUT2D eigenvalue weighted by Crippen LogP contribution is 2.40. The summed E-state index contributed by atoms with van der Waals surface area (Å²) < 4.78 is 6.37. The number of rotatable bonds is 10. The number of hydrogen-bond acceptors (Lipinski definition) is 6. The van der Waals surface area contributed by atoms with Crippen molar-refractivity contribution >= 4 is 0 Å². The van der Waals surface area contributed by atoms with Gasteiger partial charge in [0.15, 0.2) is 0 Å². The molecule has 0 aromatic heterocycles. The Bertz CT molecular complexity index is 806.